The summed E-state index contributed by atoms with van der Waals surface area (Å²) in [5, 5.41) is 2.67. The maximum Gasteiger partial charge on any atom is 0.230 e. The van der Waals surface area contributed by atoms with Gasteiger partial charge in [0.05, 0.1) is 0 Å². The Morgan fingerprint density at radius 3 is 1.42 bits per heavy atom. The molecule has 0 amide bonds. The van der Waals surface area contributed by atoms with Gasteiger partial charge in [-0.25, -0.2) is 0 Å². The topological polar surface area (TPSA) is 20.6 Å². The van der Waals surface area contributed by atoms with Gasteiger partial charge in [0.25, 0.3) is 0 Å². The minimum atomic E-state index is -0.0698. The fourth-order valence-corrected chi connectivity index (χ4v) is 12.2. The minimum absolute atomic E-state index is 0. The average molecular weight is 1200 g/mol. The van der Waals surface area contributed by atoms with Crippen LogP contribution in [0, 0.1) is 12.7 Å². The van der Waals surface area contributed by atoms with E-state index in [-0.39, 0.29) is 50.8 Å². The maximum absolute atomic E-state index is 6.97. The first-order valence-corrected chi connectivity index (χ1v) is 28.4. The molecule has 3 aliphatic heterocycles. The zero-order chi connectivity index (χ0) is 54.9. The van der Waals surface area contributed by atoms with Gasteiger partial charge in [-0.2, -0.15) is 12.1 Å². The summed E-state index contributed by atoms with van der Waals surface area (Å²) in [6.07, 6.45) is 0. The first kappa shape index (κ1) is 56.3. The van der Waals surface area contributed by atoms with E-state index in [0.717, 1.165) is 11.5 Å². The molecule has 0 spiro atoms. The summed E-state index contributed by atoms with van der Waals surface area (Å²) < 4.78 is 9.46. The largest absolute Gasteiger partial charge is 0.517 e. The maximum atomic E-state index is 6.97. The van der Waals surface area contributed by atoms with Crippen molar-refractivity contribution in [1.82, 2.24) is 4.57 Å². The molecule has 77 heavy (non-hydrogen) atoms. The molecule has 405 valence electrons. The monoisotopic (exact) mass is 1200 g/mol. The first-order chi connectivity index (χ1) is 35.6. The number of aromatic nitrogens is 1. The Kier molecular flexibility index (Phi) is 14.6. The van der Waals surface area contributed by atoms with E-state index in [1.807, 2.05) is 0 Å². The molecule has 8 aromatic rings. The van der Waals surface area contributed by atoms with Crippen LogP contribution in [0.4, 0.5) is 22.7 Å². The van der Waals surface area contributed by atoms with Crippen molar-refractivity contribution in [3.05, 3.63) is 173 Å². The van der Waals surface area contributed by atoms with Crippen LogP contribution in [0.3, 0.4) is 0 Å². The van der Waals surface area contributed by atoms with Gasteiger partial charge in [-0.05, 0) is 131 Å². The van der Waals surface area contributed by atoms with Gasteiger partial charge in [0.2, 0.25) is 6.71 Å². The number of ether oxygens (including phenoxy) is 1. The standard InChI is InChI=1S/C40H45BNO.C31H39N2.Au/c1-37(2,3)23-16-17-31-26(18-23)27-19-24(38(4,5)6)21-29-35(27)42(31)32-14-13-15-33-34(32)41(29)30-22-25(39(7,8)9)20-28(36(30)43-33)40(10,11)12;1-20(2)24-13-11-14-25(21(3)4)30(24)32-19-33(29-18-10-9-17-28(29)32)31-26(22(5)6)15-12-16-27(31)23(7)8;/h14-22H,1-12H3;9-23H,1-8H3;/q2*-1;. The number of anilines is 4. The molecule has 0 saturated carbocycles. The van der Waals surface area contributed by atoms with E-state index in [4.69, 9.17) is 4.74 Å². The van der Waals surface area contributed by atoms with Crippen LogP contribution in [-0.2, 0) is 44.0 Å². The summed E-state index contributed by atoms with van der Waals surface area (Å²) >= 11 is 0. The second kappa shape index (κ2) is 20.0. The SMILES string of the molecule is CC(C)(C)c1cc2c(c(C(C)(C)C)c1)Oc1c[c-]cc3c1B2c1cc(C(C)(C)C)cc2c4cc(C(C)(C)C)ccc4n-3c12.CC(C)c1cccc(C(C)C)c1N1[CH-]N(c2c(C(C)C)cccc2C(C)C)c2ccccc21.[Au]. The van der Waals surface area contributed by atoms with Crippen molar-refractivity contribution >= 4 is 67.7 Å². The normalized spacial score (nSPS) is 14.1. The molecular formula is C71H84AuBN3O-2. The Morgan fingerprint density at radius 2 is 0.948 bits per heavy atom. The number of para-hydroxylation sites is 4. The molecule has 0 saturated heterocycles. The van der Waals surface area contributed by atoms with Crippen LogP contribution >= 0.6 is 0 Å². The van der Waals surface area contributed by atoms with Crippen LogP contribution in [0.2, 0.25) is 0 Å². The van der Waals surface area contributed by atoms with Gasteiger partial charge in [-0.1, -0.05) is 217 Å². The third-order valence-corrected chi connectivity index (χ3v) is 16.6. The number of benzene rings is 7. The fraction of sp³-hybridized carbons (Fsp3) is 0.394. The second-order valence-corrected chi connectivity index (χ2v) is 27.7. The van der Waals surface area contributed by atoms with E-state index < -0.39 is 0 Å². The molecule has 3 aliphatic rings. The number of hydrogen-bond donors (Lipinski definition) is 0. The van der Waals surface area contributed by atoms with E-state index in [0.29, 0.717) is 23.7 Å². The van der Waals surface area contributed by atoms with Crippen molar-refractivity contribution in [1.29, 1.82) is 0 Å². The number of fused-ring (bicyclic) bond motifs is 8. The van der Waals surface area contributed by atoms with Crippen LogP contribution in [0.1, 0.15) is 207 Å². The number of nitrogens with zero attached hydrogens (tertiary/aromatic N) is 3. The van der Waals surface area contributed by atoms with E-state index in [1.165, 1.54) is 111 Å². The molecule has 11 rings (SSSR count). The van der Waals surface area contributed by atoms with Crippen LogP contribution < -0.4 is 30.9 Å². The molecule has 4 heterocycles. The van der Waals surface area contributed by atoms with Crippen LogP contribution in [0.25, 0.3) is 27.5 Å². The molecular weight excluding hydrogens is 1120 g/mol. The summed E-state index contributed by atoms with van der Waals surface area (Å²) in [6.45, 7) is 48.6. The Labute approximate surface area is 479 Å². The van der Waals surface area contributed by atoms with Crippen molar-refractivity contribution in [3.63, 3.8) is 0 Å². The molecule has 0 fully saturated rings. The van der Waals surface area contributed by atoms with Crippen molar-refractivity contribution in [2.24, 2.45) is 0 Å². The van der Waals surface area contributed by atoms with Crippen molar-refractivity contribution in [3.8, 4) is 17.2 Å². The van der Waals surface area contributed by atoms with Gasteiger partial charge in [0, 0.05) is 72.7 Å². The van der Waals surface area contributed by atoms with E-state index in [9.17, 15) is 0 Å². The Hall–Kier alpha value is -5.45. The van der Waals surface area contributed by atoms with Crippen LogP contribution in [0.15, 0.2) is 115 Å². The second-order valence-electron chi connectivity index (χ2n) is 27.7. The van der Waals surface area contributed by atoms with Gasteiger partial charge in [0.1, 0.15) is 5.75 Å². The molecule has 0 unspecified atom stereocenters. The van der Waals surface area contributed by atoms with E-state index >= 15 is 0 Å². The summed E-state index contributed by atoms with van der Waals surface area (Å²) in [5.74, 6) is 3.74. The predicted molar refractivity (Wildman–Crippen MR) is 330 cm³/mol. The first-order valence-electron chi connectivity index (χ1n) is 28.4. The fourth-order valence-electron chi connectivity index (χ4n) is 12.2. The summed E-state index contributed by atoms with van der Waals surface area (Å²) in [4.78, 5) is 4.89. The van der Waals surface area contributed by atoms with Gasteiger partial charge in [-0.15, -0.1) is 18.2 Å². The molecule has 0 atom stereocenters. The third kappa shape index (κ3) is 9.73. The van der Waals surface area contributed by atoms with Crippen molar-refractivity contribution < 1.29 is 27.1 Å². The number of hydrogen-bond acceptors (Lipinski definition) is 3. The van der Waals surface area contributed by atoms with Gasteiger partial charge >= 0.3 is 0 Å². The minimum Gasteiger partial charge on any atom is -0.517 e. The van der Waals surface area contributed by atoms with Crippen molar-refractivity contribution in [2.45, 2.75) is 184 Å². The molecule has 1 radical (unpaired) electrons. The zero-order valence-electron chi connectivity index (χ0n) is 50.0. The van der Waals surface area contributed by atoms with Gasteiger partial charge in [-0.3, -0.25) is 0 Å². The molecule has 0 N–H and O–H groups in total. The molecule has 7 aromatic carbocycles. The quantitative estimate of drug-likeness (QED) is 0.122. The Balaban J connectivity index is 0.000000192. The Bertz CT molecular complexity index is 3420. The van der Waals surface area contributed by atoms with Crippen LogP contribution in [0.5, 0.6) is 11.5 Å². The summed E-state index contributed by atoms with van der Waals surface area (Å²) in [7, 11) is 0. The average Bonchev–Trinajstić information content (AvgIpc) is 3.89. The van der Waals surface area contributed by atoms with E-state index in [1.54, 1.807) is 0 Å². The predicted octanol–water partition coefficient (Wildman–Crippen LogP) is 18.3. The number of rotatable bonds is 6. The molecule has 0 bridgehead atoms. The van der Waals surface area contributed by atoms with Gasteiger partial charge in [0.15, 0.2) is 0 Å². The molecule has 1 aromatic heterocycles. The molecule has 4 nitrogen and oxygen atoms in total. The molecule has 6 heteroatoms. The summed E-state index contributed by atoms with van der Waals surface area (Å²) in [5.41, 5.74) is 23.8. The summed E-state index contributed by atoms with van der Waals surface area (Å²) in [6, 6.07) is 47.1. The van der Waals surface area contributed by atoms with E-state index in [2.05, 4.69) is 281 Å². The van der Waals surface area contributed by atoms with Gasteiger partial charge < -0.3 is 19.1 Å². The van der Waals surface area contributed by atoms with Crippen molar-refractivity contribution in [2.75, 3.05) is 9.80 Å². The third-order valence-electron chi connectivity index (χ3n) is 16.6. The zero-order valence-corrected chi connectivity index (χ0v) is 52.2. The van der Waals surface area contributed by atoms with Crippen LogP contribution in [-0.4, -0.2) is 11.3 Å². The Morgan fingerprint density at radius 1 is 0.481 bits per heavy atom. The molecule has 0 aliphatic carbocycles. The smallest absolute Gasteiger partial charge is 0.230 e.